The van der Waals surface area contributed by atoms with Gasteiger partial charge >= 0.3 is 0 Å². The molecule has 1 heterocycles. The monoisotopic (exact) mass is 873 g/mol. The fourth-order valence-electron chi connectivity index (χ4n) is 12.5. The summed E-state index contributed by atoms with van der Waals surface area (Å²) in [5.74, 6) is 0.891. The van der Waals surface area contributed by atoms with E-state index in [2.05, 4.69) is 230 Å². The Balaban J connectivity index is 1.02. The highest BCUT2D eigenvalue weighted by Gasteiger charge is 2.29. The first-order valence-electron chi connectivity index (χ1n) is 24.0. The van der Waals surface area contributed by atoms with Crippen LogP contribution in [0.2, 0.25) is 0 Å². The molecule has 0 fully saturated rings. The summed E-state index contributed by atoms with van der Waals surface area (Å²) in [5.41, 5.74) is 9.47. The Bertz CT molecular complexity index is 4630. The first kappa shape index (κ1) is 37.1. The predicted octanol–water partition coefficient (Wildman–Crippen LogP) is 18.6. The van der Waals surface area contributed by atoms with Crippen LogP contribution in [0.4, 0.5) is 5.69 Å². The molecule has 1 unspecified atom stereocenters. The summed E-state index contributed by atoms with van der Waals surface area (Å²) < 4.78 is 6.75. The second kappa shape index (κ2) is 13.8. The van der Waals surface area contributed by atoms with Crippen LogP contribution in [0, 0.1) is 0 Å². The summed E-state index contributed by atoms with van der Waals surface area (Å²) in [5, 5.41) is 29.2. The quantitative estimate of drug-likeness (QED) is 0.141. The van der Waals surface area contributed by atoms with Gasteiger partial charge in [-0.25, -0.2) is 0 Å². The van der Waals surface area contributed by atoms with Gasteiger partial charge < -0.3 is 10.1 Å². The van der Waals surface area contributed by atoms with Gasteiger partial charge in [0, 0.05) is 16.3 Å². The molecule has 69 heavy (non-hydrogen) atoms. The van der Waals surface area contributed by atoms with E-state index < -0.39 is 0 Å². The molecule has 1 aliphatic heterocycles. The highest BCUT2D eigenvalue weighted by Crippen LogP contribution is 2.53. The van der Waals surface area contributed by atoms with Crippen LogP contribution in [0.1, 0.15) is 11.8 Å². The van der Waals surface area contributed by atoms with Crippen molar-refractivity contribution < 1.29 is 4.74 Å². The number of rotatable bonds is 4. The van der Waals surface area contributed by atoms with E-state index in [9.17, 15) is 0 Å². The van der Waals surface area contributed by atoms with Crippen LogP contribution in [0.25, 0.3) is 141 Å². The topological polar surface area (TPSA) is 21.3 Å². The van der Waals surface area contributed by atoms with Crippen LogP contribution in [-0.4, -0.2) is 0 Å². The van der Waals surface area contributed by atoms with Gasteiger partial charge in [-0.15, -0.1) is 0 Å². The molecule has 0 amide bonds. The minimum atomic E-state index is -0.263. The molecule has 0 saturated carbocycles. The fraction of sp³-hybridized carbons (Fsp3) is 0.0149. The summed E-state index contributed by atoms with van der Waals surface area (Å²) in [7, 11) is 0. The molecule has 1 atom stereocenters. The van der Waals surface area contributed by atoms with E-state index in [-0.39, 0.29) is 6.23 Å². The number of hydrogen-bond acceptors (Lipinski definition) is 2. The average molecular weight is 874 g/mol. The van der Waals surface area contributed by atoms with Crippen molar-refractivity contribution >= 4 is 113 Å². The van der Waals surface area contributed by atoms with E-state index in [4.69, 9.17) is 4.74 Å². The summed E-state index contributed by atoms with van der Waals surface area (Å²) in [6.45, 7) is 0. The molecule has 0 bridgehead atoms. The third-order valence-electron chi connectivity index (χ3n) is 15.5. The maximum atomic E-state index is 6.75. The van der Waals surface area contributed by atoms with E-state index in [1.807, 2.05) is 0 Å². The maximum Gasteiger partial charge on any atom is 0.196 e. The lowest BCUT2D eigenvalue weighted by atomic mass is 9.82. The number of fused-ring (bicyclic) bond motifs is 10. The molecule has 1 N–H and O–H groups in total. The van der Waals surface area contributed by atoms with Crippen LogP contribution < -0.4 is 10.1 Å². The van der Waals surface area contributed by atoms with Gasteiger partial charge in [0.15, 0.2) is 6.23 Å². The molecule has 0 saturated heterocycles. The standard InChI is InChI=1S/C67H39NO/c1-4-14-38(15-5-1)45-33-53-47-23-11-10-20-42(47)31-55-58-36-46(39-16-6-2-7-17-39)34-54-52-30-43(26-27-44(52)32-56(63(54)58)57(35-45)62(53)55)48-28-29-51-65-59(37-60-66(51)68-67(69-60)41-18-8-3-9-19-41)49-24-12-21-40-22-13-25-50(61(40)49)64(48)65/h1-37,67-68H. The molecular weight excluding hydrogens is 835 g/mol. The van der Waals surface area contributed by atoms with Crippen molar-refractivity contribution in [3.8, 4) is 39.1 Å². The number of benzene rings is 15. The smallest absolute Gasteiger partial charge is 0.196 e. The van der Waals surface area contributed by atoms with Crippen molar-refractivity contribution in [2.45, 2.75) is 6.23 Å². The minimum absolute atomic E-state index is 0.263. The highest BCUT2D eigenvalue weighted by atomic mass is 16.5. The van der Waals surface area contributed by atoms with Crippen LogP contribution >= 0.6 is 0 Å². The van der Waals surface area contributed by atoms with Gasteiger partial charge in [-0.3, -0.25) is 0 Å². The summed E-state index contributed by atoms with van der Waals surface area (Å²) in [6, 6.07) is 83.7. The Hall–Kier alpha value is -8.98. The Morgan fingerprint density at radius 3 is 1.49 bits per heavy atom. The van der Waals surface area contributed by atoms with Crippen LogP contribution in [-0.2, 0) is 0 Å². The van der Waals surface area contributed by atoms with Crippen molar-refractivity contribution in [3.63, 3.8) is 0 Å². The Morgan fingerprint density at radius 2 is 0.797 bits per heavy atom. The normalized spacial score (nSPS) is 13.9. The van der Waals surface area contributed by atoms with E-state index in [1.54, 1.807) is 0 Å². The number of anilines is 1. The minimum Gasteiger partial charge on any atom is -0.464 e. The molecule has 0 spiro atoms. The zero-order valence-corrected chi connectivity index (χ0v) is 37.3. The molecule has 16 rings (SSSR count). The summed E-state index contributed by atoms with van der Waals surface area (Å²) in [6.07, 6.45) is -0.263. The third-order valence-corrected chi connectivity index (χ3v) is 15.5. The first-order chi connectivity index (χ1) is 34.2. The zero-order chi connectivity index (χ0) is 44.9. The van der Waals surface area contributed by atoms with Crippen LogP contribution in [0.15, 0.2) is 224 Å². The van der Waals surface area contributed by atoms with Crippen molar-refractivity contribution in [2.75, 3.05) is 5.32 Å². The largest absolute Gasteiger partial charge is 0.464 e. The number of ether oxygens (including phenoxy) is 1. The van der Waals surface area contributed by atoms with Gasteiger partial charge in [-0.2, -0.15) is 0 Å². The van der Waals surface area contributed by atoms with Crippen molar-refractivity contribution in [2.24, 2.45) is 0 Å². The third kappa shape index (κ3) is 5.20. The fourth-order valence-corrected chi connectivity index (χ4v) is 12.5. The molecule has 318 valence electrons. The maximum absolute atomic E-state index is 6.75. The number of nitrogens with one attached hydrogen (secondary N) is 1. The molecule has 2 heteroatoms. The van der Waals surface area contributed by atoms with Crippen LogP contribution in [0.5, 0.6) is 5.75 Å². The first-order valence-corrected chi connectivity index (χ1v) is 24.0. The van der Waals surface area contributed by atoms with Gasteiger partial charge in [0.2, 0.25) is 0 Å². The van der Waals surface area contributed by atoms with Gasteiger partial charge in [0.1, 0.15) is 5.75 Å². The molecule has 0 aromatic heterocycles. The lowest BCUT2D eigenvalue weighted by molar-refractivity contribution is 0.260. The lowest BCUT2D eigenvalue weighted by Gasteiger charge is -2.21. The molecule has 15 aromatic rings. The number of hydrogen-bond donors (Lipinski definition) is 1. The van der Waals surface area contributed by atoms with Crippen LogP contribution in [0.3, 0.4) is 0 Å². The second-order valence-corrected chi connectivity index (χ2v) is 19.1. The molecule has 1 aliphatic rings. The molecular formula is C67H39NO. The predicted molar refractivity (Wildman–Crippen MR) is 294 cm³/mol. The zero-order valence-electron chi connectivity index (χ0n) is 37.3. The molecule has 2 nitrogen and oxygen atoms in total. The Kier molecular flexibility index (Phi) is 7.43. The molecule has 15 aromatic carbocycles. The SMILES string of the molecule is c1ccc(-c2cc3c4ccccc4cc4c5cc(-c6ccccc6)cc6c7cc(-c8ccc9c%10c(cc%11c%12cccc%13cccc(c8c9%11)c%13%12)OC(c8ccccc8)N%10)ccc7cc(c(c2)c34)c65)cc1. The van der Waals surface area contributed by atoms with Crippen molar-refractivity contribution in [1.82, 2.24) is 0 Å². The van der Waals surface area contributed by atoms with Gasteiger partial charge in [0.05, 0.1) is 5.69 Å². The molecule has 0 aliphatic carbocycles. The van der Waals surface area contributed by atoms with E-state index in [0.717, 1.165) is 17.0 Å². The molecule has 0 radical (unpaired) electrons. The second-order valence-electron chi connectivity index (χ2n) is 19.1. The van der Waals surface area contributed by atoms with Gasteiger partial charge in [-0.1, -0.05) is 176 Å². The van der Waals surface area contributed by atoms with Gasteiger partial charge in [0.25, 0.3) is 0 Å². The Morgan fingerprint density at radius 1 is 0.275 bits per heavy atom. The van der Waals surface area contributed by atoms with Gasteiger partial charge in [-0.05, 0) is 179 Å². The van der Waals surface area contributed by atoms with Crippen molar-refractivity contribution in [1.29, 1.82) is 0 Å². The van der Waals surface area contributed by atoms with Crippen molar-refractivity contribution in [3.05, 3.63) is 230 Å². The summed E-state index contributed by atoms with van der Waals surface area (Å²) in [4.78, 5) is 0. The average Bonchev–Trinajstić information content (AvgIpc) is 3.86. The highest BCUT2D eigenvalue weighted by molar-refractivity contribution is 6.41. The van der Waals surface area contributed by atoms with E-state index in [1.165, 1.54) is 141 Å². The van der Waals surface area contributed by atoms with E-state index in [0.29, 0.717) is 0 Å². The van der Waals surface area contributed by atoms with E-state index >= 15 is 0 Å². The Labute approximate surface area is 396 Å². The summed E-state index contributed by atoms with van der Waals surface area (Å²) >= 11 is 0. The lowest BCUT2D eigenvalue weighted by Crippen LogP contribution is -2.09.